The van der Waals surface area contributed by atoms with E-state index in [1.54, 1.807) is 0 Å². The van der Waals surface area contributed by atoms with Gasteiger partial charge in [-0.15, -0.1) is 22.7 Å². The maximum absolute atomic E-state index is 2.23. The van der Waals surface area contributed by atoms with Crippen LogP contribution in [0.5, 0.6) is 0 Å². The van der Waals surface area contributed by atoms with Crippen LogP contribution in [-0.4, -0.2) is 0 Å². The number of rotatable bonds is 0. The molecule has 70 valence electrons. The van der Waals surface area contributed by atoms with Gasteiger partial charge in [-0.1, -0.05) is 18.2 Å². The van der Waals surface area contributed by atoms with E-state index in [2.05, 4.69) is 38.1 Å². The zero-order chi connectivity index (χ0) is 9.71. The zero-order valence-corrected chi connectivity index (χ0v) is 9.76. The van der Waals surface area contributed by atoms with E-state index in [9.17, 15) is 0 Å². The lowest BCUT2D eigenvalue weighted by molar-refractivity contribution is 1.48. The van der Waals surface area contributed by atoms with Crippen molar-refractivity contribution in [2.45, 2.75) is 13.8 Å². The van der Waals surface area contributed by atoms with Crippen molar-refractivity contribution in [1.82, 2.24) is 0 Å². The maximum Gasteiger partial charge on any atom is 0.0534 e. The monoisotopic (exact) mass is 218 g/mol. The molecule has 2 aromatic heterocycles. The topological polar surface area (TPSA) is 0 Å². The van der Waals surface area contributed by atoms with Gasteiger partial charge in [0.1, 0.15) is 0 Å². The Bertz CT molecular complexity index is 614. The van der Waals surface area contributed by atoms with Gasteiger partial charge in [0.2, 0.25) is 0 Å². The molecular formula is C12H10S2. The van der Waals surface area contributed by atoms with Crippen LogP contribution >= 0.6 is 22.7 Å². The minimum absolute atomic E-state index is 1.41. The van der Waals surface area contributed by atoms with Crippen LogP contribution in [0.2, 0.25) is 0 Å². The summed E-state index contributed by atoms with van der Waals surface area (Å²) >= 11 is 3.84. The summed E-state index contributed by atoms with van der Waals surface area (Å²) in [5.74, 6) is 0. The van der Waals surface area contributed by atoms with E-state index in [1.807, 2.05) is 22.7 Å². The highest BCUT2D eigenvalue weighted by Crippen LogP contribution is 2.41. The van der Waals surface area contributed by atoms with Gasteiger partial charge in [0.05, 0.1) is 4.70 Å². The number of aryl methyl sites for hydroxylation is 2. The maximum atomic E-state index is 2.23. The van der Waals surface area contributed by atoms with E-state index in [0.29, 0.717) is 0 Å². The smallest absolute Gasteiger partial charge is 0.0534 e. The lowest BCUT2D eigenvalue weighted by Gasteiger charge is -1.87. The van der Waals surface area contributed by atoms with E-state index in [0.717, 1.165) is 0 Å². The van der Waals surface area contributed by atoms with E-state index < -0.39 is 0 Å². The Balaban J connectivity index is 2.60. The first kappa shape index (κ1) is 8.45. The van der Waals surface area contributed by atoms with E-state index in [1.165, 1.54) is 29.9 Å². The highest BCUT2D eigenvalue weighted by Gasteiger charge is 2.10. The van der Waals surface area contributed by atoms with Gasteiger partial charge in [0, 0.05) is 19.7 Å². The first-order chi connectivity index (χ1) is 6.77. The third-order valence-electron chi connectivity index (χ3n) is 2.67. The molecule has 0 amide bonds. The fourth-order valence-corrected chi connectivity index (χ4v) is 4.39. The SMILES string of the molecule is Cc1sc2c(sc3ccccc32)c1C. The van der Waals surface area contributed by atoms with Gasteiger partial charge in [-0.25, -0.2) is 0 Å². The molecule has 0 aliphatic heterocycles. The Kier molecular flexibility index (Phi) is 1.70. The van der Waals surface area contributed by atoms with E-state index >= 15 is 0 Å². The van der Waals surface area contributed by atoms with Crippen LogP contribution in [-0.2, 0) is 0 Å². The molecule has 0 bridgehead atoms. The molecule has 3 aromatic rings. The molecule has 0 atom stereocenters. The van der Waals surface area contributed by atoms with Crippen molar-refractivity contribution in [3.63, 3.8) is 0 Å². The molecule has 0 saturated heterocycles. The summed E-state index contributed by atoms with van der Waals surface area (Å²) in [4.78, 5) is 1.46. The molecule has 2 heteroatoms. The quantitative estimate of drug-likeness (QED) is 0.511. The Labute approximate surface area is 90.8 Å². The largest absolute Gasteiger partial charge is 0.139 e. The number of hydrogen-bond acceptors (Lipinski definition) is 2. The zero-order valence-electron chi connectivity index (χ0n) is 8.13. The second-order valence-corrected chi connectivity index (χ2v) is 5.82. The summed E-state index contributed by atoms with van der Waals surface area (Å²) in [7, 11) is 0. The highest BCUT2D eigenvalue weighted by atomic mass is 32.1. The normalized spacial score (nSPS) is 11.6. The van der Waals surface area contributed by atoms with Crippen molar-refractivity contribution < 1.29 is 0 Å². The van der Waals surface area contributed by atoms with Crippen LogP contribution in [0.25, 0.3) is 19.5 Å². The summed E-state index contributed by atoms with van der Waals surface area (Å²) in [5, 5.41) is 1.42. The van der Waals surface area contributed by atoms with Gasteiger partial charge in [0.25, 0.3) is 0 Å². The Hall–Kier alpha value is -0.860. The van der Waals surface area contributed by atoms with Crippen molar-refractivity contribution in [3.05, 3.63) is 34.7 Å². The van der Waals surface area contributed by atoms with Crippen LogP contribution in [0, 0.1) is 13.8 Å². The van der Waals surface area contributed by atoms with Gasteiger partial charge < -0.3 is 0 Å². The lowest BCUT2D eigenvalue weighted by atomic mass is 10.2. The Morgan fingerprint density at radius 2 is 1.71 bits per heavy atom. The molecule has 0 N–H and O–H groups in total. The number of fused-ring (bicyclic) bond motifs is 3. The molecule has 0 spiro atoms. The summed E-state index contributed by atoms with van der Waals surface area (Å²) in [6.07, 6.45) is 0. The van der Waals surface area contributed by atoms with Gasteiger partial charge >= 0.3 is 0 Å². The fourth-order valence-electron chi connectivity index (χ4n) is 1.76. The first-order valence-corrected chi connectivity index (χ1v) is 6.28. The predicted octanol–water partition coefficient (Wildman–Crippen LogP) is 4.73. The Morgan fingerprint density at radius 3 is 2.57 bits per heavy atom. The van der Waals surface area contributed by atoms with Crippen molar-refractivity contribution in [1.29, 1.82) is 0 Å². The second-order valence-electron chi connectivity index (χ2n) is 3.54. The van der Waals surface area contributed by atoms with Gasteiger partial charge in [-0.3, -0.25) is 0 Å². The molecular weight excluding hydrogens is 208 g/mol. The predicted molar refractivity (Wildman–Crippen MR) is 66.7 cm³/mol. The third kappa shape index (κ3) is 0.983. The summed E-state index contributed by atoms with van der Waals surface area (Å²) in [6.45, 7) is 4.44. The van der Waals surface area contributed by atoms with Gasteiger partial charge in [-0.05, 0) is 25.5 Å². The average Bonchev–Trinajstić information content (AvgIpc) is 2.67. The number of thiophene rings is 2. The molecule has 14 heavy (non-hydrogen) atoms. The van der Waals surface area contributed by atoms with Crippen LogP contribution < -0.4 is 0 Å². The number of benzene rings is 1. The van der Waals surface area contributed by atoms with Crippen LogP contribution in [0.15, 0.2) is 24.3 Å². The first-order valence-electron chi connectivity index (χ1n) is 4.64. The van der Waals surface area contributed by atoms with Crippen molar-refractivity contribution in [3.8, 4) is 0 Å². The Morgan fingerprint density at radius 1 is 0.929 bits per heavy atom. The van der Waals surface area contributed by atoms with E-state index in [4.69, 9.17) is 0 Å². The van der Waals surface area contributed by atoms with Crippen LogP contribution in [0.4, 0.5) is 0 Å². The van der Waals surface area contributed by atoms with Crippen molar-refractivity contribution in [2.75, 3.05) is 0 Å². The summed E-state index contributed by atoms with van der Waals surface area (Å²) < 4.78 is 4.37. The molecule has 0 aliphatic rings. The summed E-state index contributed by atoms with van der Waals surface area (Å²) in [6, 6.07) is 8.68. The molecule has 2 heterocycles. The third-order valence-corrected chi connectivity index (χ3v) is 5.33. The summed E-state index contributed by atoms with van der Waals surface area (Å²) in [5.41, 5.74) is 1.46. The van der Waals surface area contributed by atoms with Crippen molar-refractivity contribution >= 4 is 42.2 Å². The fraction of sp³-hybridized carbons (Fsp3) is 0.167. The molecule has 1 aromatic carbocycles. The molecule has 0 saturated carbocycles. The lowest BCUT2D eigenvalue weighted by Crippen LogP contribution is -1.64. The highest BCUT2D eigenvalue weighted by molar-refractivity contribution is 7.33. The minimum atomic E-state index is 1.41. The standard InChI is InChI=1S/C12H10S2/c1-7-8(2)13-12-9-5-3-4-6-10(9)14-11(7)12/h3-6H,1-2H3. The minimum Gasteiger partial charge on any atom is -0.139 e. The molecule has 0 unspecified atom stereocenters. The molecule has 0 fully saturated rings. The van der Waals surface area contributed by atoms with Crippen LogP contribution in [0.3, 0.4) is 0 Å². The molecule has 3 rings (SSSR count). The van der Waals surface area contributed by atoms with Crippen LogP contribution in [0.1, 0.15) is 10.4 Å². The van der Waals surface area contributed by atoms with E-state index in [-0.39, 0.29) is 0 Å². The van der Waals surface area contributed by atoms with Gasteiger partial charge in [-0.2, -0.15) is 0 Å². The van der Waals surface area contributed by atoms with Gasteiger partial charge in [0.15, 0.2) is 0 Å². The molecule has 0 nitrogen and oxygen atoms in total. The number of hydrogen-bond donors (Lipinski definition) is 0. The van der Waals surface area contributed by atoms with Crippen molar-refractivity contribution in [2.24, 2.45) is 0 Å². The second kappa shape index (κ2) is 2.81. The molecule has 0 radical (unpaired) electrons. The average molecular weight is 218 g/mol. The molecule has 0 aliphatic carbocycles.